The molecule has 0 radical (unpaired) electrons. The van der Waals surface area contributed by atoms with E-state index >= 15 is 0 Å². The molecular weight excluding hydrogens is 180 g/mol. The van der Waals surface area contributed by atoms with E-state index in [0.29, 0.717) is 6.42 Å². The Hall–Kier alpha value is -1.84. The standard InChI is InChI=1S/C10H12N2O2/c11-10(13)9(6-7-12-14)8-4-2-1-3-5-8/h1-5,7,9,14H,6H2,(H2,11,13). The van der Waals surface area contributed by atoms with Crippen LogP contribution < -0.4 is 5.73 Å². The number of primary amides is 1. The molecular formula is C10H12N2O2. The van der Waals surface area contributed by atoms with Crippen LogP contribution in [0, 0.1) is 0 Å². The van der Waals surface area contributed by atoms with E-state index in [1.165, 1.54) is 6.21 Å². The van der Waals surface area contributed by atoms with Crippen LogP contribution in [0.2, 0.25) is 0 Å². The second-order valence-electron chi connectivity index (χ2n) is 2.90. The number of carbonyl (C=O) groups is 1. The van der Waals surface area contributed by atoms with Gasteiger partial charge in [0.15, 0.2) is 0 Å². The summed E-state index contributed by atoms with van der Waals surface area (Å²) < 4.78 is 0. The van der Waals surface area contributed by atoms with Gasteiger partial charge >= 0.3 is 0 Å². The lowest BCUT2D eigenvalue weighted by molar-refractivity contribution is -0.119. The van der Waals surface area contributed by atoms with E-state index in [1.54, 1.807) is 0 Å². The minimum absolute atomic E-state index is 0.315. The highest BCUT2D eigenvalue weighted by molar-refractivity contribution is 5.84. The van der Waals surface area contributed by atoms with Crippen LogP contribution in [0.5, 0.6) is 0 Å². The van der Waals surface area contributed by atoms with Gasteiger partial charge in [0, 0.05) is 12.6 Å². The van der Waals surface area contributed by atoms with Gasteiger partial charge in [-0.3, -0.25) is 4.79 Å². The average Bonchev–Trinajstić information content (AvgIpc) is 2.19. The van der Waals surface area contributed by atoms with Crippen molar-refractivity contribution in [2.24, 2.45) is 10.9 Å². The fraction of sp³-hybridized carbons (Fsp3) is 0.200. The molecule has 1 amide bonds. The van der Waals surface area contributed by atoms with Crippen molar-refractivity contribution in [1.29, 1.82) is 0 Å². The zero-order valence-electron chi connectivity index (χ0n) is 7.63. The van der Waals surface area contributed by atoms with E-state index < -0.39 is 11.8 Å². The van der Waals surface area contributed by atoms with Crippen LogP contribution in [0.25, 0.3) is 0 Å². The third kappa shape index (κ3) is 2.58. The highest BCUT2D eigenvalue weighted by Crippen LogP contribution is 2.17. The molecule has 0 aromatic heterocycles. The van der Waals surface area contributed by atoms with E-state index in [4.69, 9.17) is 10.9 Å². The summed E-state index contributed by atoms with van der Waals surface area (Å²) in [6.45, 7) is 0. The monoisotopic (exact) mass is 192 g/mol. The maximum absolute atomic E-state index is 11.1. The summed E-state index contributed by atoms with van der Waals surface area (Å²) in [4.78, 5) is 11.1. The number of hydrogen-bond acceptors (Lipinski definition) is 3. The maximum Gasteiger partial charge on any atom is 0.225 e. The minimum atomic E-state index is -0.424. The van der Waals surface area contributed by atoms with Gasteiger partial charge in [-0.05, 0) is 5.56 Å². The molecule has 0 aliphatic carbocycles. The number of nitrogens with two attached hydrogens (primary N) is 1. The van der Waals surface area contributed by atoms with E-state index in [0.717, 1.165) is 5.56 Å². The van der Waals surface area contributed by atoms with E-state index in [-0.39, 0.29) is 0 Å². The Balaban J connectivity index is 2.83. The third-order valence-electron chi connectivity index (χ3n) is 1.97. The second-order valence-corrected chi connectivity index (χ2v) is 2.90. The van der Waals surface area contributed by atoms with Crippen molar-refractivity contribution in [3.8, 4) is 0 Å². The maximum atomic E-state index is 11.1. The molecule has 0 saturated carbocycles. The number of benzene rings is 1. The van der Waals surface area contributed by atoms with Crippen molar-refractivity contribution in [2.75, 3.05) is 0 Å². The Morgan fingerprint density at radius 3 is 2.64 bits per heavy atom. The molecule has 0 spiro atoms. The van der Waals surface area contributed by atoms with Crippen molar-refractivity contribution in [3.05, 3.63) is 35.9 Å². The zero-order valence-corrected chi connectivity index (χ0v) is 7.63. The van der Waals surface area contributed by atoms with Gasteiger partial charge in [-0.15, -0.1) is 5.16 Å². The molecule has 1 aromatic rings. The summed E-state index contributed by atoms with van der Waals surface area (Å²) in [6, 6.07) is 9.17. The van der Waals surface area contributed by atoms with Gasteiger partial charge < -0.3 is 10.9 Å². The molecule has 4 nitrogen and oxygen atoms in total. The molecule has 74 valence electrons. The molecule has 0 heterocycles. The molecule has 0 saturated heterocycles. The predicted octanol–water partition coefficient (Wildman–Crippen LogP) is 1.11. The van der Waals surface area contributed by atoms with Gasteiger partial charge in [0.1, 0.15) is 0 Å². The average molecular weight is 192 g/mol. The molecule has 1 rings (SSSR count). The SMILES string of the molecule is NC(=O)C(CC=NO)c1ccccc1. The van der Waals surface area contributed by atoms with Crippen LogP contribution in [0.3, 0.4) is 0 Å². The lowest BCUT2D eigenvalue weighted by atomic mass is 9.96. The molecule has 0 aliphatic rings. The molecule has 3 N–H and O–H groups in total. The number of rotatable bonds is 4. The molecule has 1 aromatic carbocycles. The van der Waals surface area contributed by atoms with Crippen molar-refractivity contribution >= 4 is 12.1 Å². The first-order chi connectivity index (χ1) is 6.75. The van der Waals surface area contributed by atoms with Crippen LogP contribution in [0.15, 0.2) is 35.5 Å². The number of amides is 1. The summed E-state index contributed by atoms with van der Waals surface area (Å²) in [6.07, 6.45) is 1.58. The predicted molar refractivity (Wildman–Crippen MR) is 53.3 cm³/mol. The Kier molecular flexibility index (Phi) is 3.67. The van der Waals surface area contributed by atoms with E-state index in [2.05, 4.69) is 5.16 Å². The largest absolute Gasteiger partial charge is 0.411 e. The number of oxime groups is 1. The Morgan fingerprint density at radius 1 is 1.50 bits per heavy atom. The van der Waals surface area contributed by atoms with Crippen molar-refractivity contribution in [3.63, 3.8) is 0 Å². The van der Waals surface area contributed by atoms with Crippen LogP contribution >= 0.6 is 0 Å². The summed E-state index contributed by atoms with van der Waals surface area (Å²) in [5, 5.41) is 11.1. The molecule has 1 atom stereocenters. The normalized spacial score (nSPS) is 12.9. The van der Waals surface area contributed by atoms with Crippen LogP contribution in [-0.4, -0.2) is 17.3 Å². The highest BCUT2D eigenvalue weighted by atomic mass is 16.4. The van der Waals surface area contributed by atoms with Gasteiger partial charge in [-0.1, -0.05) is 30.3 Å². The Bertz CT molecular complexity index is 322. The first-order valence-corrected chi connectivity index (χ1v) is 4.26. The van der Waals surface area contributed by atoms with E-state index in [9.17, 15) is 4.79 Å². The molecule has 4 heteroatoms. The lowest BCUT2D eigenvalue weighted by Crippen LogP contribution is -2.21. The zero-order chi connectivity index (χ0) is 10.4. The molecule has 1 unspecified atom stereocenters. The van der Waals surface area contributed by atoms with Gasteiger partial charge in [-0.2, -0.15) is 0 Å². The Morgan fingerprint density at radius 2 is 2.14 bits per heavy atom. The van der Waals surface area contributed by atoms with Gasteiger partial charge in [-0.25, -0.2) is 0 Å². The number of hydrogen-bond donors (Lipinski definition) is 2. The number of nitrogens with zero attached hydrogens (tertiary/aromatic N) is 1. The topological polar surface area (TPSA) is 75.7 Å². The Labute approximate surface area is 82.0 Å². The fourth-order valence-electron chi connectivity index (χ4n) is 1.25. The highest BCUT2D eigenvalue weighted by Gasteiger charge is 2.15. The quantitative estimate of drug-likeness (QED) is 0.426. The van der Waals surface area contributed by atoms with Gasteiger partial charge in [0.2, 0.25) is 5.91 Å². The molecule has 14 heavy (non-hydrogen) atoms. The molecule has 0 bridgehead atoms. The van der Waals surface area contributed by atoms with E-state index in [1.807, 2.05) is 30.3 Å². The molecule has 0 fully saturated rings. The van der Waals surface area contributed by atoms with Crippen molar-refractivity contribution < 1.29 is 10.0 Å². The van der Waals surface area contributed by atoms with Gasteiger partial charge in [0.25, 0.3) is 0 Å². The summed E-state index contributed by atoms with van der Waals surface area (Å²) in [5.74, 6) is -0.844. The van der Waals surface area contributed by atoms with Crippen LogP contribution in [0.4, 0.5) is 0 Å². The summed E-state index contributed by atoms with van der Waals surface area (Å²) >= 11 is 0. The van der Waals surface area contributed by atoms with Crippen molar-refractivity contribution in [2.45, 2.75) is 12.3 Å². The summed E-state index contributed by atoms with van der Waals surface area (Å²) in [5.41, 5.74) is 6.06. The minimum Gasteiger partial charge on any atom is -0.411 e. The summed E-state index contributed by atoms with van der Waals surface area (Å²) in [7, 11) is 0. The van der Waals surface area contributed by atoms with Crippen LogP contribution in [0.1, 0.15) is 17.9 Å². The lowest BCUT2D eigenvalue weighted by Gasteiger charge is -2.09. The number of carbonyl (C=O) groups excluding carboxylic acids is 1. The van der Waals surface area contributed by atoms with Gasteiger partial charge in [0.05, 0.1) is 5.92 Å². The van der Waals surface area contributed by atoms with Crippen LogP contribution in [-0.2, 0) is 4.79 Å². The smallest absolute Gasteiger partial charge is 0.225 e. The molecule has 0 aliphatic heterocycles. The fourth-order valence-corrected chi connectivity index (χ4v) is 1.25. The second kappa shape index (κ2) is 5.01. The first-order valence-electron chi connectivity index (χ1n) is 4.26. The van der Waals surface area contributed by atoms with Crippen molar-refractivity contribution in [1.82, 2.24) is 0 Å². The first kappa shape index (κ1) is 10.2. The third-order valence-corrected chi connectivity index (χ3v) is 1.97.